The lowest BCUT2D eigenvalue weighted by Crippen LogP contribution is -2.19. The molecule has 1 aromatic rings. The van der Waals surface area contributed by atoms with Crippen LogP contribution in [-0.4, -0.2) is 49.2 Å². The van der Waals surface area contributed by atoms with E-state index in [0.717, 1.165) is 18.8 Å². The van der Waals surface area contributed by atoms with Gasteiger partial charge in [0.1, 0.15) is 12.4 Å². The number of allylic oxidation sites excluding steroid dienone is 1. The van der Waals surface area contributed by atoms with Crippen molar-refractivity contribution in [3.05, 3.63) is 35.9 Å². The van der Waals surface area contributed by atoms with Crippen LogP contribution in [-0.2, 0) is 14.2 Å². The van der Waals surface area contributed by atoms with Gasteiger partial charge in [0.15, 0.2) is 0 Å². The van der Waals surface area contributed by atoms with Crippen molar-refractivity contribution in [2.24, 2.45) is 0 Å². The van der Waals surface area contributed by atoms with Gasteiger partial charge in [-0.25, -0.2) is 4.68 Å². The molecule has 0 spiro atoms. The highest BCUT2D eigenvalue weighted by molar-refractivity contribution is 5.79. The highest BCUT2D eigenvalue weighted by Gasteiger charge is 2.07. The molecule has 0 amide bonds. The quantitative estimate of drug-likeness (QED) is 0.707. The summed E-state index contributed by atoms with van der Waals surface area (Å²) in [4.78, 5) is 11.8. The van der Waals surface area contributed by atoms with E-state index in [1.807, 2.05) is 18.2 Å². The lowest BCUT2D eigenvalue weighted by atomic mass is 10.3. The van der Waals surface area contributed by atoms with Crippen LogP contribution in [0, 0.1) is 0 Å². The van der Waals surface area contributed by atoms with Crippen molar-refractivity contribution in [3.8, 4) is 0 Å². The molecule has 6 heteroatoms. The van der Waals surface area contributed by atoms with Crippen molar-refractivity contribution in [3.63, 3.8) is 0 Å². The van der Waals surface area contributed by atoms with Crippen molar-refractivity contribution < 1.29 is 19.0 Å². The maximum absolute atomic E-state index is 11.8. The van der Waals surface area contributed by atoms with Gasteiger partial charge in [-0.2, -0.15) is 5.10 Å². The molecule has 6 nitrogen and oxygen atoms in total. The maximum Gasteiger partial charge on any atom is 0.272 e. The zero-order valence-electron chi connectivity index (χ0n) is 11.4. The third kappa shape index (κ3) is 4.32. The second-order valence-electron chi connectivity index (χ2n) is 4.20. The molecule has 0 N–H and O–H groups in total. The van der Waals surface area contributed by atoms with E-state index in [1.54, 1.807) is 19.4 Å². The Balaban J connectivity index is 1.83. The summed E-state index contributed by atoms with van der Waals surface area (Å²) in [7, 11) is 1.58. The molecule has 0 saturated heterocycles. The van der Waals surface area contributed by atoms with Crippen LogP contribution in [0.4, 0.5) is 0 Å². The molecule has 0 aromatic carbocycles. The molecule has 2 rings (SSSR count). The lowest BCUT2D eigenvalue weighted by molar-refractivity contribution is 0.0503. The van der Waals surface area contributed by atoms with E-state index in [4.69, 9.17) is 14.2 Å². The predicted molar refractivity (Wildman–Crippen MR) is 73.2 cm³/mol. The van der Waals surface area contributed by atoms with Gasteiger partial charge >= 0.3 is 0 Å². The number of hydrogen-bond acceptors (Lipinski definition) is 5. The predicted octanol–water partition coefficient (Wildman–Crippen LogP) is 1.50. The van der Waals surface area contributed by atoms with Gasteiger partial charge in [-0.05, 0) is 24.3 Å². The lowest BCUT2D eigenvalue weighted by Gasteiger charge is -2.02. The molecule has 1 aliphatic rings. The van der Waals surface area contributed by atoms with Gasteiger partial charge in [-0.1, -0.05) is 0 Å². The fourth-order valence-corrected chi connectivity index (χ4v) is 1.65. The molecule has 20 heavy (non-hydrogen) atoms. The van der Waals surface area contributed by atoms with Crippen LogP contribution >= 0.6 is 0 Å². The summed E-state index contributed by atoms with van der Waals surface area (Å²) in [5, 5.41) is 4.16. The zero-order chi connectivity index (χ0) is 14.2. The molecule has 0 unspecified atom stereocenters. The highest BCUT2D eigenvalue weighted by atomic mass is 16.5. The highest BCUT2D eigenvalue weighted by Crippen LogP contribution is 2.11. The van der Waals surface area contributed by atoms with E-state index in [9.17, 15) is 4.79 Å². The largest absolute Gasteiger partial charge is 0.494 e. The van der Waals surface area contributed by atoms with E-state index in [1.165, 1.54) is 4.68 Å². The van der Waals surface area contributed by atoms with Gasteiger partial charge in [-0.3, -0.25) is 4.79 Å². The van der Waals surface area contributed by atoms with Crippen LogP contribution in [0.5, 0.6) is 0 Å². The summed E-state index contributed by atoms with van der Waals surface area (Å²) in [6, 6.07) is 1.76. The first-order valence-corrected chi connectivity index (χ1v) is 6.46. The Kier molecular flexibility index (Phi) is 5.52. The minimum absolute atomic E-state index is 0.0115. The van der Waals surface area contributed by atoms with Gasteiger partial charge in [0, 0.05) is 19.7 Å². The number of methoxy groups -OCH3 is 1. The summed E-state index contributed by atoms with van der Waals surface area (Å²) in [5.74, 6) is 0.630. The van der Waals surface area contributed by atoms with Gasteiger partial charge in [-0.15, -0.1) is 0 Å². The van der Waals surface area contributed by atoms with Crippen LogP contribution in [0.15, 0.2) is 30.2 Å². The summed E-state index contributed by atoms with van der Waals surface area (Å²) in [6.07, 6.45) is 8.23. The molecule has 2 heterocycles. The molecule has 1 aliphatic heterocycles. The second kappa shape index (κ2) is 7.62. The van der Waals surface area contributed by atoms with E-state index < -0.39 is 0 Å². The first-order valence-electron chi connectivity index (χ1n) is 6.46. The third-order valence-corrected chi connectivity index (χ3v) is 2.67. The Hall–Kier alpha value is -1.92. The van der Waals surface area contributed by atoms with Crippen LogP contribution in [0.1, 0.15) is 16.9 Å². The van der Waals surface area contributed by atoms with Crippen molar-refractivity contribution in [1.29, 1.82) is 0 Å². The van der Waals surface area contributed by atoms with E-state index >= 15 is 0 Å². The number of rotatable bonds is 7. The van der Waals surface area contributed by atoms with Crippen molar-refractivity contribution in [1.82, 2.24) is 9.78 Å². The minimum atomic E-state index is -0.211. The average Bonchev–Trinajstić information content (AvgIpc) is 3.11. The van der Waals surface area contributed by atoms with Crippen LogP contribution in [0.3, 0.4) is 0 Å². The Labute approximate surface area is 117 Å². The molecule has 0 saturated carbocycles. The number of ether oxygens (including phenoxy) is 3. The van der Waals surface area contributed by atoms with Crippen molar-refractivity contribution >= 4 is 12.0 Å². The monoisotopic (exact) mass is 278 g/mol. The van der Waals surface area contributed by atoms with Gasteiger partial charge in [0.25, 0.3) is 5.91 Å². The number of carbonyl (C=O) groups is 1. The average molecular weight is 278 g/mol. The van der Waals surface area contributed by atoms with Gasteiger partial charge in [0.05, 0.1) is 25.5 Å². The number of hydrogen-bond donors (Lipinski definition) is 0. The van der Waals surface area contributed by atoms with Gasteiger partial charge in [0.2, 0.25) is 0 Å². The SMILES string of the molecule is COCCOCC(=O)n1ccc(/C=C/C2=CCCO2)n1. The van der Waals surface area contributed by atoms with E-state index in [2.05, 4.69) is 5.10 Å². The Morgan fingerprint density at radius 3 is 3.15 bits per heavy atom. The number of aromatic nitrogens is 2. The molecule has 0 aliphatic carbocycles. The Morgan fingerprint density at radius 2 is 2.40 bits per heavy atom. The van der Waals surface area contributed by atoms with Crippen LogP contribution in [0.25, 0.3) is 6.08 Å². The van der Waals surface area contributed by atoms with Crippen LogP contribution < -0.4 is 0 Å². The summed E-state index contributed by atoms with van der Waals surface area (Å²) in [5.41, 5.74) is 0.701. The van der Waals surface area contributed by atoms with Gasteiger partial charge < -0.3 is 14.2 Å². The molecule has 0 atom stereocenters. The first-order chi connectivity index (χ1) is 9.79. The normalized spacial score (nSPS) is 14.6. The summed E-state index contributed by atoms with van der Waals surface area (Å²) in [6.45, 7) is 1.57. The Bertz CT molecular complexity index is 505. The van der Waals surface area contributed by atoms with E-state index in [0.29, 0.717) is 18.9 Å². The fourth-order valence-electron chi connectivity index (χ4n) is 1.65. The molecular formula is C14H18N2O4. The third-order valence-electron chi connectivity index (χ3n) is 2.67. The number of carbonyl (C=O) groups excluding carboxylic acids is 1. The fraction of sp³-hybridized carbons (Fsp3) is 0.429. The molecular weight excluding hydrogens is 260 g/mol. The zero-order valence-corrected chi connectivity index (χ0v) is 11.4. The maximum atomic E-state index is 11.8. The molecule has 1 aromatic heterocycles. The standard InChI is InChI=1S/C14H18N2O4/c1-18-9-10-19-11-14(17)16-7-6-12(15-16)4-5-13-3-2-8-20-13/h3-7H,2,8-11H2,1H3/b5-4+. The molecule has 108 valence electrons. The summed E-state index contributed by atoms with van der Waals surface area (Å²) >= 11 is 0. The van der Waals surface area contributed by atoms with E-state index in [-0.39, 0.29) is 12.5 Å². The minimum Gasteiger partial charge on any atom is -0.494 e. The van der Waals surface area contributed by atoms with Crippen molar-refractivity contribution in [2.75, 3.05) is 33.5 Å². The molecule has 0 bridgehead atoms. The molecule has 0 fully saturated rings. The van der Waals surface area contributed by atoms with Crippen molar-refractivity contribution in [2.45, 2.75) is 6.42 Å². The number of nitrogens with zero attached hydrogens (tertiary/aromatic N) is 2. The smallest absolute Gasteiger partial charge is 0.272 e. The topological polar surface area (TPSA) is 62.6 Å². The summed E-state index contributed by atoms with van der Waals surface area (Å²) < 4.78 is 16.6. The van der Waals surface area contributed by atoms with Crippen LogP contribution in [0.2, 0.25) is 0 Å². The first kappa shape index (κ1) is 14.5. The second-order valence-corrected chi connectivity index (χ2v) is 4.20. The molecule has 0 radical (unpaired) electrons. The Morgan fingerprint density at radius 1 is 1.50 bits per heavy atom.